The van der Waals surface area contributed by atoms with Crippen molar-refractivity contribution >= 4 is 28.7 Å². The first-order valence-corrected chi connectivity index (χ1v) is 10.1. The molecule has 0 atom stereocenters. The number of hydrogen-bond donors (Lipinski definition) is 3. The summed E-state index contributed by atoms with van der Waals surface area (Å²) in [5.41, 5.74) is 3.78. The first-order valence-electron chi connectivity index (χ1n) is 10.1. The lowest BCUT2D eigenvalue weighted by Crippen LogP contribution is -2.24. The molecule has 0 unspecified atom stereocenters. The molecular weight excluding hydrogens is 408 g/mol. The molecule has 3 N–H and O–H groups in total. The number of benzene rings is 2. The summed E-state index contributed by atoms with van der Waals surface area (Å²) in [5.74, 6) is 0.942. The Kier molecular flexibility index (Phi) is 5.89. The SMILES string of the molecule is COc1ccc(CC(=O)NCc2ccc(C(=O)Nc3[nH]nc4c3c(C)nn4C)cc2)cc1. The van der Waals surface area contributed by atoms with Crippen molar-refractivity contribution in [1.29, 1.82) is 0 Å². The van der Waals surface area contributed by atoms with Crippen molar-refractivity contribution in [3.63, 3.8) is 0 Å². The number of anilines is 1. The van der Waals surface area contributed by atoms with Crippen LogP contribution in [-0.2, 0) is 24.8 Å². The van der Waals surface area contributed by atoms with Crippen LogP contribution >= 0.6 is 0 Å². The number of carbonyl (C=O) groups is 2. The minimum absolute atomic E-state index is 0.0768. The van der Waals surface area contributed by atoms with E-state index in [1.807, 2.05) is 43.3 Å². The van der Waals surface area contributed by atoms with Gasteiger partial charge in [0.1, 0.15) is 11.6 Å². The lowest BCUT2D eigenvalue weighted by atomic mass is 10.1. The second-order valence-corrected chi connectivity index (χ2v) is 7.46. The number of nitrogens with zero attached hydrogens (tertiary/aromatic N) is 3. The molecule has 0 fully saturated rings. The third-order valence-electron chi connectivity index (χ3n) is 5.18. The summed E-state index contributed by atoms with van der Waals surface area (Å²) in [6.45, 7) is 2.25. The number of hydrogen-bond acceptors (Lipinski definition) is 5. The van der Waals surface area contributed by atoms with Gasteiger partial charge in [0.2, 0.25) is 5.91 Å². The fourth-order valence-corrected chi connectivity index (χ4v) is 3.47. The average molecular weight is 432 g/mol. The summed E-state index contributed by atoms with van der Waals surface area (Å²) in [6.07, 6.45) is 0.289. The van der Waals surface area contributed by atoms with E-state index in [1.54, 1.807) is 31.0 Å². The molecule has 164 valence electrons. The second kappa shape index (κ2) is 8.93. The van der Waals surface area contributed by atoms with Crippen molar-refractivity contribution in [2.75, 3.05) is 12.4 Å². The predicted octanol–water partition coefficient (Wildman–Crippen LogP) is 2.72. The van der Waals surface area contributed by atoms with E-state index in [1.165, 1.54) is 0 Å². The molecule has 2 heterocycles. The van der Waals surface area contributed by atoms with Crippen LogP contribution in [0.25, 0.3) is 11.0 Å². The van der Waals surface area contributed by atoms with Gasteiger partial charge in [-0.25, -0.2) is 4.68 Å². The first-order chi connectivity index (χ1) is 15.4. The number of methoxy groups -OCH3 is 1. The molecule has 2 aromatic heterocycles. The van der Waals surface area contributed by atoms with E-state index in [4.69, 9.17) is 4.74 Å². The number of amides is 2. The van der Waals surface area contributed by atoms with Gasteiger partial charge in [0.05, 0.1) is 24.6 Å². The smallest absolute Gasteiger partial charge is 0.256 e. The molecule has 0 bridgehead atoms. The number of H-pyrrole nitrogens is 1. The van der Waals surface area contributed by atoms with Crippen molar-refractivity contribution in [3.05, 3.63) is 70.9 Å². The van der Waals surface area contributed by atoms with Gasteiger partial charge in [0.25, 0.3) is 5.91 Å². The van der Waals surface area contributed by atoms with Crippen molar-refractivity contribution in [1.82, 2.24) is 25.3 Å². The number of carbonyl (C=O) groups excluding carboxylic acids is 2. The van der Waals surface area contributed by atoms with Crippen molar-refractivity contribution in [3.8, 4) is 5.75 Å². The molecule has 4 aromatic rings. The molecule has 0 aliphatic heterocycles. The van der Waals surface area contributed by atoms with Gasteiger partial charge < -0.3 is 15.4 Å². The Morgan fingerprint density at radius 2 is 1.75 bits per heavy atom. The highest BCUT2D eigenvalue weighted by molar-refractivity contribution is 6.08. The van der Waals surface area contributed by atoms with Crippen LogP contribution in [0.15, 0.2) is 48.5 Å². The zero-order valence-electron chi connectivity index (χ0n) is 18.1. The Hall–Kier alpha value is -4.14. The number of aromatic amines is 1. The third-order valence-corrected chi connectivity index (χ3v) is 5.18. The number of ether oxygens (including phenoxy) is 1. The van der Waals surface area contributed by atoms with Crippen LogP contribution in [0.4, 0.5) is 5.82 Å². The lowest BCUT2D eigenvalue weighted by molar-refractivity contribution is -0.120. The summed E-state index contributed by atoms with van der Waals surface area (Å²) >= 11 is 0. The van der Waals surface area contributed by atoms with Gasteiger partial charge in [-0.2, -0.15) is 10.2 Å². The predicted molar refractivity (Wildman–Crippen MR) is 121 cm³/mol. The summed E-state index contributed by atoms with van der Waals surface area (Å²) in [7, 11) is 3.41. The molecule has 2 aromatic carbocycles. The van der Waals surface area contributed by atoms with Crippen molar-refractivity contribution < 1.29 is 14.3 Å². The van der Waals surface area contributed by atoms with Gasteiger partial charge in [-0.1, -0.05) is 24.3 Å². The normalized spacial score (nSPS) is 10.8. The number of nitrogens with one attached hydrogen (secondary N) is 3. The Morgan fingerprint density at radius 3 is 2.44 bits per heavy atom. The van der Waals surface area contributed by atoms with Crippen LogP contribution in [0, 0.1) is 6.92 Å². The van der Waals surface area contributed by atoms with E-state index in [0.29, 0.717) is 23.6 Å². The Bertz CT molecular complexity index is 1260. The van der Waals surface area contributed by atoms with E-state index in [9.17, 15) is 9.59 Å². The molecule has 0 aliphatic carbocycles. The van der Waals surface area contributed by atoms with Gasteiger partial charge in [0.15, 0.2) is 5.65 Å². The van der Waals surface area contributed by atoms with E-state index in [2.05, 4.69) is 25.9 Å². The average Bonchev–Trinajstić information content (AvgIpc) is 3.34. The van der Waals surface area contributed by atoms with Crippen LogP contribution in [0.1, 0.15) is 27.2 Å². The van der Waals surface area contributed by atoms with E-state index >= 15 is 0 Å². The summed E-state index contributed by atoms with van der Waals surface area (Å²) in [5, 5.41) is 17.9. The van der Waals surface area contributed by atoms with E-state index in [-0.39, 0.29) is 18.2 Å². The molecule has 4 rings (SSSR count). The minimum Gasteiger partial charge on any atom is -0.497 e. The van der Waals surface area contributed by atoms with E-state index in [0.717, 1.165) is 28.0 Å². The van der Waals surface area contributed by atoms with Gasteiger partial charge in [-0.05, 0) is 42.3 Å². The van der Waals surface area contributed by atoms with Gasteiger partial charge in [-0.15, -0.1) is 0 Å². The largest absolute Gasteiger partial charge is 0.497 e. The molecule has 2 amide bonds. The standard InChI is InChI=1S/C23H24N6O3/c1-14-20-21(26-27-22(20)29(2)28-14)25-23(31)17-8-4-16(5-9-17)13-24-19(30)12-15-6-10-18(32-3)11-7-15/h4-11H,12-13H2,1-3H3,(H,24,30)(H2,25,26,27,31). The minimum atomic E-state index is -0.256. The van der Waals surface area contributed by atoms with E-state index < -0.39 is 0 Å². The second-order valence-electron chi connectivity index (χ2n) is 7.46. The molecule has 9 heteroatoms. The van der Waals surface area contributed by atoms with Crippen LogP contribution < -0.4 is 15.4 Å². The molecule has 32 heavy (non-hydrogen) atoms. The highest BCUT2D eigenvalue weighted by Crippen LogP contribution is 2.23. The zero-order valence-corrected chi connectivity index (χ0v) is 18.1. The first kappa shape index (κ1) is 21.1. The molecule has 0 saturated carbocycles. The highest BCUT2D eigenvalue weighted by atomic mass is 16.5. The number of aromatic nitrogens is 4. The Labute approximate surface area is 184 Å². The highest BCUT2D eigenvalue weighted by Gasteiger charge is 2.16. The van der Waals surface area contributed by atoms with Gasteiger partial charge >= 0.3 is 0 Å². The fraction of sp³-hybridized carbons (Fsp3) is 0.217. The maximum Gasteiger partial charge on any atom is 0.256 e. The van der Waals surface area contributed by atoms with Gasteiger partial charge in [-0.3, -0.25) is 14.7 Å². The summed E-state index contributed by atoms with van der Waals surface area (Å²) in [6, 6.07) is 14.5. The molecule has 0 spiro atoms. The number of aryl methyl sites for hydroxylation is 2. The molecular formula is C23H24N6O3. The Balaban J connectivity index is 1.33. The fourth-order valence-electron chi connectivity index (χ4n) is 3.47. The van der Waals surface area contributed by atoms with Crippen molar-refractivity contribution in [2.45, 2.75) is 19.9 Å². The maximum atomic E-state index is 12.6. The monoisotopic (exact) mass is 432 g/mol. The third kappa shape index (κ3) is 4.46. The Morgan fingerprint density at radius 1 is 1.06 bits per heavy atom. The summed E-state index contributed by atoms with van der Waals surface area (Å²) < 4.78 is 6.78. The van der Waals surface area contributed by atoms with Crippen LogP contribution in [0.2, 0.25) is 0 Å². The van der Waals surface area contributed by atoms with Gasteiger partial charge in [0, 0.05) is 19.2 Å². The number of fused-ring (bicyclic) bond motifs is 1. The van der Waals surface area contributed by atoms with Crippen LogP contribution in [0.3, 0.4) is 0 Å². The topological polar surface area (TPSA) is 114 Å². The van der Waals surface area contributed by atoms with Crippen LogP contribution in [0.5, 0.6) is 5.75 Å². The van der Waals surface area contributed by atoms with Crippen LogP contribution in [-0.4, -0.2) is 38.9 Å². The quantitative estimate of drug-likeness (QED) is 0.416. The van der Waals surface area contributed by atoms with Crippen molar-refractivity contribution in [2.24, 2.45) is 7.05 Å². The summed E-state index contributed by atoms with van der Waals surface area (Å²) in [4.78, 5) is 24.8. The maximum absolute atomic E-state index is 12.6. The molecule has 9 nitrogen and oxygen atoms in total. The molecule has 0 radical (unpaired) electrons. The lowest BCUT2D eigenvalue weighted by Gasteiger charge is -2.08. The molecule has 0 aliphatic rings. The zero-order chi connectivity index (χ0) is 22.7. The molecule has 0 saturated heterocycles. The number of rotatable bonds is 7.